The third kappa shape index (κ3) is 4.49. The van der Waals surface area contributed by atoms with Gasteiger partial charge in [-0.15, -0.1) is 0 Å². The number of hydrogen-bond acceptors (Lipinski definition) is 7. The smallest absolute Gasteiger partial charge is 0.275 e. The molecular formula is C25H28N8O. The number of anilines is 2. The van der Waals surface area contributed by atoms with Crippen LogP contribution in [0.4, 0.5) is 11.6 Å². The summed E-state index contributed by atoms with van der Waals surface area (Å²) in [7, 11) is 1.84. The number of pyridine rings is 1. The van der Waals surface area contributed by atoms with Crippen LogP contribution in [0.25, 0.3) is 11.3 Å². The van der Waals surface area contributed by atoms with Gasteiger partial charge in [0.15, 0.2) is 0 Å². The van der Waals surface area contributed by atoms with Gasteiger partial charge >= 0.3 is 0 Å². The third-order valence-electron chi connectivity index (χ3n) is 6.72. The van der Waals surface area contributed by atoms with Gasteiger partial charge in [0.05, 0.1) is 23.4 Å². The lowest BCUT2D eigenvalue weighted by molar-refractivity contribution is 0.102. The van der Waals surface area contributed by atoms with Crippen molar-refractivity contribution in [1.82, 2.24) is 24.7 Å². The molecule has 1 aliphatic carbocycles. The van der Waals surface area contributed by atoms with Crippen molar-refractivity contribution in [2.45, 2.75) is 39.0 Å². The minimum absolute atomic E-state index is 0.272. The molecule has 9 heteroatoms. The van der Waals surface area contributed by atoms with Crippen LogP contribution >= 0.6 is 0 Å². The van der Waals surface area contributed by atoms with Crippen LogP contribution in [-0.2, 0) is 7.05 Å². The number of amides is 1. The molecule has 34 heavy (non-hydrogen) atoms. The van der Waals surface area contributed by atoms with Gasteiger partial charge in [-0.25, -0.2) is 15.0 Å². The Hall–Kier alpha value is -3.80. The number of aromatic nitrogens is 5. The number of hydrogen-bond donors (Lipinski definition) is 1. The van der Waals surface area contributed by atoms with Gasteiger partial charge in [-0.1, -0.05) is 6.07 Å². The van der Waals surface area contributed by atoms with Gasteiger partial charge in [0.25, 0.3) is 5.91 Å². The van der Waals surface area contributed by atoms with Gasteiger partial charge in [0, 0.05) is 43.9 Å². The normalized spacial score (nSPS) is 18.1. The molecule has 1 saturated carbocycles. The molecule has 5 rings (SSSR count). The van der Waals surface area contributed by atoms with Crippen molar-refractivity contribution in [2.75, 3.05) is 23.3 Å². The molecule has 3 aromatic rings. The Balaban J connectivity index is 1.38. The number of nitrogens with zero attached hydrogens (tertiary/aromatic N) is 7. The van der Waals surface area contributed by atoms with E-state index in [-0.39, 0.29) is 17.2 Å². The van der Waals surface area contributed by atoms with Crippen LogP contribution in [0.2, 0.25) is 0 Å². The molecule has 1 N–H and O–H groups in total. The van der Waals surface area contributed by atoms with Crippen molar-refractivity contribution in [3.63, 3.8) is 0 Å². The minimum Gasteiger partial charge on any atom is -0.356 e. The quantitative estimate of drug-likeness (QED) is 0.600. The summed E-state index contributed by atoms with van der Waals surface area (Å²) in [5.41, 5.74) is 1.46. The van der Waals surface area contributed by atoms with Crippen LogP contribution < -0.4 is 10.2 Å². The van der Waals surface area contributed by atoms with E-state index in [1.54, 1.807) is 16.9 Å². The Kier molecular flexibility index (Phi) is 5.52. The van der Waals surface area contributed by atoms with Gasteiger partial charge in [-0.2, -0.15) is 10.4 Å². The van der Waals surface area contributed by atoms with Gasteiger partial charge in [-0.3, -0.25) is 9.48 Å². The number of aryl methyl sites for hydroxylation is 1. The summed E-state index contributed by atoms with van der Waals surface area (Å²) in [6.45, 7) is 5.59. The van der Waals surface area contributed by atoms with E-state index in [1.165, 1.54) is 0 Å². The average Bonchev–Trinajstić information content (AvgIpc) is 3.39. The van der Waals surface area contributed by atoms with Crippen LogP contribution in [0.15, 0.2) is 36.7 Å². The Labute approximate surface area is 198 Å². The Morgan fingerprint density at radius 3 is 2.74 bits per heavy atom. The number of rotatable bonds is 6. The molecule has 1 aliphatic heterocycles. The maximum atomic E-state index is 13.1. The minimum atomic E-state index is -0.386. The SMILES string of the molecule is Cn1cc(-c2cccc(C(=O)Nc3cc(N4CC[C@@H](C(C)(C)C#N)C4)nc(C4CC4)n3)n2)cn1. The fraction of sp³-hybridized carbons (Fsp3) is 0.440. The van der Waals surface area contributed by atoms with E-state index in [1.807, 2.05) is 45.3 Å². The second kappa shape index (κ2) is 8.52. The number of carbonyl (C=O) groups is 1. The van der Waals surface area contributed by atoms with E-state index in [0.29, 0.717) is 23.1 Å². The first kappa shape index (κ1) is 22.0. The molecule has 1 atom stereocenters. The Bertz CT molecular complexity index is 1270. The maximum Gasteiger partial charge on any atom is 0.275 e. The summed E-state index contributed by atoms with van der Waals surface area (Å²) in [5.74, 6) is 2.36. The van der Waals surface area contributed by atoms with Crippen molar-refractivity contribution in [3.8, 4) is 17.3 Å². The van der Waals surface area contributed by atoms with E-state index >= 15 is 0 Å². The van der Waals surface area contributed by atoms with Crippen molar-refractivity contribution in [3.05, 3.63) is 48.2 Å². The number of nitrogens with one attached hydrogen (secondary N) is 1. The van der Waals surface area contributed by atoms with E-state index < -0.39 is 0 Å². The standard InChI is InChI=1S/C25H28N8O/c1-25(2,15-26)18-9-10-33(14-18)22-11-21(29-23(31-22)16-7-8-16)30-24(34)20-6-4-5-19(28-20)17-12-27-32(3)13-17/h4-6,11-13,16,18H,7-10,14H2,1-3H3,(H,29,30,31,34)/t18-/m1/s1. The molecule has 3 aromatic heterocycles. The Morgan fingerprint density at radius 2 is 2.03 bits per heavy atom. The average molecular weight is 457 g/mol. The zero-order chi connectivity index (χ0) is 23.9. The van der Waals surface area contributed by atoms with Gasteiger partial charge in [0.1, 0.15) is 23.2 Å². The van der Waals surface area contributed by atoms with Crippen molar-refractivity contribution in [2.24, 2.45) is 18.4 Å². The third-order valence-corrected chi connectivity index (χ3v) is 6.72. The van der Waals surface area contributed by atoms with Crippen LogP contribution in [0, 0.1) is 22.7 Å². The molecule has 0 unspecified atom stereocenters. The molecule has 2 aliphatic rings. The zero-order valence-electron chi connectivity index (χ0n) is 19.7. The van der Waals surface area contributed by atoms with Gasteiger partial charge in [-0.05, 0) is 51.2 Å². The predicted octanol–water partition coefficient (Wildman–Crippen LogP) is 3.78. The number of nitriles is 1. The molecule has 2 fully saturated rings. The molecule has 174 valence electrons. The summed E-state index contributed by atoms with van der Waals surface area (Å²) < 4.78 is 1.70. The predicted molar refractivity (Wildman–Crippen MR) is 128 cm³/mol. The second-order valence-electron chi connectivity index (χ2n) is 9.77. The van der Waals surface area contributed by atoms with Crippen molar-refractivity contribution >= 4 is 17.5 Å². The second-order valence-corrected chi connectivity index (χ2v) is 9.77. The molecule has 4 heterocycles. The monoisotopic (exact) mass is 456 g/mol. The summed E-state index contributed by atoms with van der Waals surface area (Å²) in [5, 5.41) is 16.6. The molecule has 0 bridgehead atoms. The molecule has 9 nitrogen and oxygen atoms in total. The van der Waals surface area contributed by atoms with Crippen LogP contribution in [-0.4, -0.2) is 43.7 Å². The van der Waals surface area contributed by atoms with Crippen LogP contribution in [0.5, 0.6) is 0 Å². The summed E-state index contributed by atoms with van der Waals surface area (Å²) in [6, 6.07) is 9.63. The molecule has 0 spiro atoms. The highest BCUT2D eigenvalue weighted by molar-refractivity contribution is 6.02. The van der Waals surface area contributed by atoms with E-state index in [0.717, 1.165) is 49.6 Å². The highest BCUT2D eigenvalue weighted by Crippen LogP contribution is 2.40. The van der Waals surface area contributed by atoms with E-state index in [9.17, 15) is 10.1 Å². The first-order valence-corrected chi connectivity index (χ1v) is 11.6. The topological polar surface area (TPSA) is 113 Å². The first-order valence-electron chi connectivity index (χ1n) is 11.6. The first-order chi connectivity index (χ1) is 16.3. The molecule has 1 saturated heterocycles. The molecular weight excluding hydrogens is 428 g/mol. The lowest BCUT2D eigenvalue weighted by Crippen LogP contribution is -2.27. The lowest BCUT2D eigenvalue weighted by Gasteiger charge is -2.24. The van der Waals surface area contributed by atoms with Crippen LogP contribution in [0.1, 0.15) is 55.3 Å². The van der Waals surface area contributed by atoms with E-state index in [4.69, 9.17) is 4.98 Å². The van der Waals surface area contributed by atoms with Gasteiger partial charge < -0.3 is 10.2 Å². The van der Waals surface area contributed by atoms with Crippen molar-refractivity contribution in [1.29, 1.82) is 5.26 Å². The lowest BCUT2D eigenvalue weighted by atomic mass is 9.80. The Morgan fingerprint density at radius 1 is 1.21 bits per heavy atom. The summed E-state index contributed by atoms with van der Waals surface area (Å²) in [6.07, 6.45) is 6.65. The summed E-state index contributed by atoms with van der Waals surface area (Å²) >= 11 is 0. The van der Waals surface area contributed by atoms with Crippen LogP contribution in [0.3, 0.4) is 0 Å². The number of carbonyl (C=O) groups excluding carboxylic acids is 1. The largest absolute Gasteiger partial charge is 0.356 e. The molecule has 0 aromatic carbocycles. The van der Waals surface area contributed by atoms with Crippen molar-refractivity contribution < 1.29 is 4.79 Å². The van der Waals surface area contributed by atoms with Gasteiger partial charge in [0.2, 0.25) is 0 Å². The maximum absolute atomic E-state index is 13.1. The van der Waals surface area contributed by atoms with E-state index in [2.05, 4.69) is 31.4 Å². The highest BCUT2D eigenvalue weighted by atomic mass is 16.1. The fourth-order valence-corrected chi connectivity index (χ4v) is 4.31. The fourth-order valence-electron chi connectivity index (χ4n) is 4.31. The zero-order valence-corrected chi connectivity index (χ0v) is 19.7. The molecule has 1 amide bonds. The highest BCUT2D eigenvalue weighted by Gasteiger charge is 2.36. The molecule has 0 radical (unpaired) electrons. The summed E-state index contributed by atoms with van der Waals surface area (Å²) in [4.78, 5) is 29.2.